The lowest BCUT2D eigenvalue weighted by molar-refractivity contribution is 0.100. The van der Waals surface area contributed by atoms with Gasteiger partial charge in [0.05, 0.1) is 30.8 Å². The van der Waals surface area contributed by atoms with Crippen LogP contribution in [-0.4, -0.2) is 42.1 Å². The molecule has 1 fully saturated rings. The van der Waals surface area contributed by atoms with Crippen molar-refractivity contribution in [3.05, 3.63) is 35.9 Å². The number of nitrogens with one attached hydrogen (secondary N) is 3. The van der Waals surface area contributed by atoms with Crippen molar-refractivity contribution in [2.75, 3.05) is 24.8 Å². The molecule has 8 nitrogen and oxygen atoms in total. The Bertz CT molecular complexity index is 847. The summed E-state index contributed by atoms with van der Waals surface area (Å²) in [4.78, 5) is 20.2. The van der Waals surface area contributed by atoms with Gasteiger partial charge in [-0.2, -0.15) is 0 Å². The number of rotatable bonds is 7. The van der Waals surface area contributed by atoms with Crippen LogP contribution in [0.3, 0.4) is 0 Å². The maximum atomic E-state index is 14.6. The van der Waals surface area contributed by atoms with Gasteiger partial charge in [0.15, 0.2) is 11.6 Å². The number of carbonyl (C=O) groups is 1. The molecule has 1 unspecified atom stereocenters. The second kappa shape index (κ2) is 8.83. The lowest BCUT2D eigenvalue weighted by Crippen LogP contribution is -2.45. The third-order valence-corrected chi connectivity index (χ3v) is 4.91. The molecule has 5 N–H and O–H groups in total. The first-order valence-corrected chi connectivity index (χ1v) is 9.22. The van der Waals surface area contributed by atoms with Gasteiger partial charge in [0, 0.05) is 18.2 Å². The zero-order valence-corrected chi connectivity index (χ0v) is 16.0. The van der Waals surface area contributed by atoms with Crippen molar-refractivity contribution in [3.63, 3.8) is 0 Å². The molecule has 1 aliphatic rings. The number of hydrogen-bond donors (Lipinski definition) is 4. The molecular formula is C19H25FN6O2. The van der Waals surface area contributed by atoms with Crippen LogP contribution in [0.2, 0.25) is 0 Å². The van der Waals surface area contributed by atoms with Crippen LogP contribution in [0.1, 0.15) is 36.0 Å². The SMILES string of the molecule is CN[C@H]1CCCCC1Nc1nc(Nc2cncc(OC)c2)c(C(N)=O)cc1F. The predicted octanol–water partition coefficient (Wildman–Crippen LogP) is 2.41. The molecule has 2 atom stereocenters. The molecule has 150 valence electrons. The minimum absolute atomic E-state index is 0.0420. The molecule has 0 bridgehead atoms. The number of aromatic nitrogens is 2. The minimum atomic E-state index is -0.776. The van der Waals surface area contributed by atoms with Crippen LogP contribution in [0.4, 0.5) is 21.7 Å². The number of nitrogens with two attached hydrogens (primary N) is 1. The van der Waals surface area contributed by atoms with E-state index in [1.165, 1.54) is 7.11 Å². The Kier molecular flexibility index (Phi) is 6.25. The second-order valence-electron chi connectivity index (χ2n) is 6.75. The Morgan fingerprint density at radius 1 is 1.21 bits per heavy atom. The fourth-order valence-electron chi connectivity index (χ4n) is 3.43. The lowest BCUT2D eigenvalue weighted by atomic mass is 9.90. The standard InChI is InChI=1S/C19H25FN6O2/c1-22-15-5-3-4-6-16(15)25-19-14(20)8-13(17(21)27)18(26-19)24-11-7-12(28-2)10-23-9-11/h7-10,15-16,22H,3-6H2,1-2H3,(H2,21,27)(H2,24,25,26)/t15-,16?/m0/s1. The number of hydrogen-bond acceptors (Lipinski definition) is 7. The van der Waals surface area contributed by atoms with Crippen molar-refractivity contribution in [2.24, 2.45) is 5.73 Å². The number of pyridine rings is 2. The molecule has 3 rings (SSSR count). The fourth-order valence-corrected chi connectivity index (χ4v) is 3.43. The summed E-state index contributed by atoms with van der Waals surface area (Å²) in [5.41, 5.74) is 5.91. The van der Waals surface area contributed by atoms with E-state index in [2.05, 4.69) is 25.9 Å². The number of primary amides is 1. The number of methoxy groups -OCH3 is 1. The van der Waals surface area contributed by atoms with Crippen molar-refractivity contribution < 1.29 is 13.9 Å². The number of anilines is 3. The van der Waals surface area contributed by atoms with Gasteiger partial charge in [-0.05, 0) is 26.0 Å². The molecule has 0 aliphatic heterocycles. The summed E-state index contributed by atoms with van der Waals surface area (Å²) < 4.78 is 19.8. The quantitative estimate of drug-likeness (QED) is 0.576. The summed E-state index contributed by atoms with van der Waals surface area (Å²) in [5, 5.41) is 9.43. The highest BCUT2D eigenvalue weighted by Gasteiger charge is 2.26. The molecule has 2 heterocycles. The van der Waals surface area contributed by atoms with Crippen molar-refractivity contribution in [3.8, 4) is 5.75 Å². The van der Waals surface area contributed by atoms with E-state index in [1.54, 1.807) is 18.5 Å². The maximum Gasteiger partial charge on any atom is 0.252 e. The Hall–Kier alpha value is -2.94. The van der Waals surface area contributed by atoms with E-state index >= 15 is 0 Å². The summed E-state index contributed by atoms with van der Waals surface area (Å²) in [6, 6.07) is 3.06. The predicted molar refractivity (Wildman–Crippen MR) is 106 cm³/mol. The minimum Gasteiger partial charge on any atom is -0.495 e. The highest BCUT2D eigenvalue weighted by atomic mass is 19.1. The van der Waals surface area contributed by atoms with Crippen LogP contribution < -0.4 is 26.4 Å². The molecule has 0 spiro atoms. The Balaban J connectivity index is 1.91. The van der Waals surface area contributed by atoms with E-state index in [0.717, 1.165) is 31.7 Å². The number of nitrogens with zero attached hydrogens (tertiary/aromatic N) is 2. The van der Waals surface area contributed by atoms with E-state index in [-0.39, 0.29) is 29.3 Å². The Labute approximate surface area is 163 Å². The van der Waals surface area contributed by atoms with Gasteiger partial charge in [-0.1, -0.05) is 12.8 Å². The van der Waals surface area contributed by atoms with Gasteiger partial charge in [0.1, 0.15) is 11.6 Å². The van der Waals surface area contributed by atoms with Crippen LogP contribution >= 0.6 is 0 Å². The van der Waals surface area contributed by atoms with Crippen molar-refractivity contribution in [2.45, 2.75) is 37.8 Å². The molecule has 9 heteroatoms. The molecule has 1 saturated carbocycles. The van der Waals surface area contributed by atoms with Crippen LogP contribution in [0, 0.1) is 5.82 Å². The number of halogens is 1. The topological polar surface area (TPSA) is 114 Å². The van der Waals surface area contributed by atoms with Crippen LogP contribution in [-0.2, 0) is 0 Å². The largest absolute Gasteiger partial charge is 0.495 e. The molecule has 0 aromatic carbocycles. The van der Waals surface area contributed by atoms with Crippen LogP contribution in [0.15, 0.2) is 24.5 Å². The Morgan fingerprint density at radius 3 is 2.64 bits per heavy atom. The van der Waals surface area contributed by atoms with Crippen LogP contribution in [0.25, 0.3) is 0 Å². The van der Waals surface area contributed by atoms with Crippen LogP contribution in [0.5, 0.6) is 5.75 Å². The third-order valence-electron chi connectivity index (χ3n) is 4.91. The first-order valence-electron chi connectivity index (χ1n) is 9.22. The smallest absolute Gasteiger partial charge is 0.252 e. The zero-order valence-electron chi connectivity index (χ0n) is 16.0. The van der Waals surface area contributed by atoms with Crippen molar-refractivity contribution >= 4 is 23.2 Å². The first-order chi connectivity index (χ1) is 13.5. The zero-order chi connectivity index (χ0) is 20.1. The van der Waals surface area contributed by atoms with E-state index in [4.69, 9.17) is 10.5 Å². The number of carbonyl (C=O) groups excluding carboxylic acids is 1. The first kappa shape index (κ1) is 19.8. The molecule has 1 aliphatic carbocycles. The summed E-state index contributed by atoms with van der Waals surface area (Å²) in [7, 11) is 3.42. The highest BCUT2D eigenvalue weighted by Crippen LogP contribution is 2.27. The van der Waals surface area contributed by atoms with Gasteiger partial charge in [-0.15, -0.1) is 0 Å². The maximum absolute atomic E-state index is 14.6. The number of amides is 1. The summed E-state index contributed by atoms with van der Waals surface area (Å²) in [5.74, 6) is -0.630. The highest BCUT2D eigenvalue weighted by molar-refractivity contribution is 5.98. The molecule has 0 radical (unpaired) electrons. The van der Waals surface area contributed by atoms with E-state index in [1.807, 2.05) is 7.05 Å². The third kappa shape index (κ3) is 4.48. The summed E-state index contributed by atoms with van der Waals surface area (Å²) >= 11 is 0. The molecule has 1 amide bonds. The van der Waals surface area contributed by atoms with E-state index < -0.39 is 11.7 Å². The monoisotopic (exact) mass is 388 g/mol. The Morgan fingerprint density at radius 2 is 1.96 bits per heavy atom. The van der Waals surface area contributed by atoms with Crippen molar-refractivity contribution in [1.82, 2.24) is 15.3 Å². The van der Waals surface area contributed by atoms with E-state index in [0.29, 0.717) is 11.4 Å². The molecular weight excluding hydrogens is 363 g/mol. The average molecular weight is 388 g/mol. The average Bonchev–Trinajstić information content (AvgIpc) is 2.70. The van der Waals surface area contributed by atoms with Crippen molar-refractivity contribution in [1.29, 1.82) is 0 Å². The lowest BCUT2D eigenvalue weighted by Gasteiger charge is -2.32. The molecule has 2 aromatic rings. The molecule has 28 heavy (non-hydrogen) atoms. The van der Waals surface area contributed by atoms with Gasteiger partial charge in [0.2, 0.25) is 0 Å². The van der Waals surface area contributed by atoms with Gasteiger partial charge in [-0.25, -0.2) is 9.37 Å². The summed E-state index contributed by atoms with van der Waals surface area (Å²) in [6.07, 6.45) is 7.21. The molecule has 2 aromatic heterocycles. The van der Waals surface area contributed by atoms with Gasteiger partial charge < -0.3 is 26.4 Å². The number of likely N-dealkylation sites (N-methyl/N-ethyl adjacent to an activating group) is 1. The second-order valence-corrected chi connectivity index (χ2v) is 6.75. The molecule has 0 saturated heterocycles. The van der Waals surface area contributed by atoms with Gasteiger partial charge in [0.25, 0.3) is 5.91 Å². The van der Waals surface area contributed by atoms with E-state index in [9.17, 15) is 9.18 Å². The van der Waals surface area contributed by atoms with Gasteiger partial charge in [-0.3, -0.25) is 9.78 Å². The summed E-state index contributed by atoms with van der Waals surface area (Å²) in [6.45, 7) is 0. The normalized spacial score (nSPS) is 19.1. The van der Waals surface area contributed by atoms with Gasteiger partial charge >= 0.3 is 0 Å². The fraction of sp³-hybridized carbons (Fsp3) is 0.421. The number of ether oxygens (including phenoxy) is 1.